The average Bonchev–Trinajstić information content (AvgIpc) is 2.12. The van der Waals surface area contributed by atoms with E-state index in [-0.39, 0.29) is 16.9 Å². The molecule has 1 nitrogen and oxygen atoms in total. The summed E-state index contributed by atoms with van der Waals surface area (Å²) in [5.74, 6) is -1.67. The number of alkyl halides is 1. The first kappa shape index (κ1) is 13.7. The van der Waals surface area contributed by atoms with Gasteiger partial charge in [-0.1, -0.05) is 0 Å². The molecular weight excluding hydrogens is 282 g/mol. The summed E-state index contributed by atoms with van der Waals surface area (Å²) in [6.45, 7) is -0.996. The Morgan fingerprint density at radius 2 is 1.93 bits per heavy atom. The summed E-state index contributed by atoms with van der Waals surface area (Å²) in [4.78, 5) is 0. The predicted octanol–water partition coefficient (Wildman–Crippen LogP) is 3.12. The molecule has 14 heavy (non-hydrogen) atoms. The van der Waals surface area contributed by atoms with E-state index in [1.54, 1.807) is 0 Å². The zero-order chi connectivity index (χ0) is 10.0. The van der Waals surface area contributed by atoms with E-state index in [0.717, 1.165) is 6.07 Å². The second-order valence-corrected chi connectivity index (χ2v) is 3.37. The standard InChI is InChI=1S/C8H7BrF3N.ClH/c9-4-1-2-5(11)7(8(4)12)6(13)3-10;/h1-2,6H,3,13H2;1H/t6-;/m1./s1. The van der Waals surface area contributed by atoms with Gasteiger partial charge in [-0.05, 0) is 28.1 Å². The number of hydrogen-bond acceptors (Lipinski definition) is 1. The van der Waals surface area contributed by atoms with Crippen LogP contribution in [0.3, 0.4) is 0 Å². The monoisotopic (exact) mass is 289 g/mol. The lowest BCUT2D eigenvalue weighted by Crippen LogP contribution is -2.16. The van der Waals surface area contributed by atoms with Gasteiger partial charge in [-0.15, -0.1) is 12.4 Å². The smallest absolute Gasteiger partial charge is 0.145 e. The summed E-state index contributed by atoms with van der Waals surface area (Å²) in [6.07, 6.45) is 0. The van der Waals surface area contributed by atoms with Crippen LogP contribution in [0.1, 0.15) is 11.6 Å². The van der Waals surface area contributed by atoms with Gasteiger partial charge in [0, 0.05) is 5.56 Å². The van der Waals surface area contributed by atoms with Crippen molar-refractivity contribution in [1.82, 2.24) is 0 Å². The predicted molar refractivity (Wildman–Crippen MR) is 54.2 cm³/mol. The number of rotatable bonds is 2. The second kappa shape index (κ2) is 5.58. The van der Waals surface area contributed by atoms with E-state index in [1.165, 1.54) is 6.07 Å². The van der Waals surface area contributed by atoms with Crippen LogP contribution >= 0.6 is 28.3 Å². The number of nitrogens with two attached hydrogens (primary N) is 1. The van der Waals surface area contributed by atoms with Gasteiger partial charge >= 0.3 is 0 Å². The Labute approximate surface area is 94.0 Å². The van der Waals surface area contributed by atoms with Crippen molar-refractivity contribution in [3.8, 4) is 0 Å². The molecule has 0 saturated heterocycles. The lowest BCUT2D eigenvalue weighted by molar-refractivity contribution is 0.413. The van der Waals surface area contributed by atoms with E-state index in [4.69, 9.17) is 5.73 Å². The highest BCUT2D eigenvalue weighted by Gasteiger charge is 2.18. The Morgan fingerprint density at radius 1 is 1.36 bits per heavy atom. The van der Waals surface area contributed by atoms with Gasteiger partial charge in [-0.2, -0.15) is 0 Å². The largest absolute Gasteiger partial charge is 0.322 e. The molecule has 0 bridgehead atoms. The minimum atomic E-state index is -1.25. The quantitative estimate of drug-likeness (QED) is 0.832. The van der Waals surface area contributed by atoms with Crippen molar-refractivity contribution in [3.05, 3.63) is 33.8 Å². The third-order valence-electron chi connectivity index (χ3n) is 1.62. The van der Waals surface area contributed by atoms with Crippen LogP contribution in [0.25, 0.3) is 0 Å². The van der Waals surface area contributed by atoms with Crippen LogP contribution < -0.4 is 5.73 Å². The topological polar surface area (TPSA) is 26.0 Å². The van der Waals surface area contributed by atoms with Crippen LogP contribution in [0.15, 0.2) is 16.6 Å². The van der Waals surface area contributed by atoms with Crippen molar-refractivity contribution in [1.29, 1.82) is 0 Å². The summed E-state index contributed by atoms with van der Waals surface area (Å²) in [7, 11) is 0. The van der Waals surface area contributed by atoms with E-state index < -0.39 is 29.9 Å². The molecule has 0 aliphatic carbocycles. The van der Waals surface area contributed by atoms with Gasteiger partial charge in [-0.3, -0.25) is 0 Å². The minimum Gasteiger partial charge on any atom is -0.322 e. The molecule has 6 heteroatoms. The summed E-state index contributed by atoms with van der Waals surface area (Å²) < 4.78 is 38.3. The first-order valence-corrected chi connectivity index (χ1v) is 4.32. The van der Waals surface area contributed by atoms with Gasteiger partial charge in [-0.25, -0.2) is 13.2 Å². The zero-order valence-corrected chi connectivity index (χ0v) is 9.34. The average molecular weight is 291 g/mol. The van der Waals surface area contributed by atoms with Gasteiger partial charge in [0.25, 0.3) is 0 Å². The van der Waals surface area contributed by atoms with Crippen LogP contribution in [0.5, 0.6) is 0 Å². The van der Waals surface area contributed by atoms with Crippen molar-refractivity contribution in [2.45, 2.75) is 6.04 Å². The van der Waals surface area contributed by atoms with Gasteiger partial charge < -0.3 is 5.73 Å². The molecule has 1 rings (SSSR count). The molecule has 0 radical (unpaired) electrons. The Hall–Kier alpha value is -0.260. The van der Waals surface area contributed by atoms with E-state index in [9.17, 15) is 13.2 Å². The van der Waals surface area contributed by atoms with Crippen molar-refractivity contribution in [3.63, 3.8) is 0 Å². The molecule has 0 saturated carbocycles. The fourth-order valence-corrected chi connectivity index (χ4v) is 1.31. The number of hydrogen-bond donors (Lipinski definition) is 1. The van der Waals surface area contributed by atoms with Crippen molar-refractivity contribution >= 4 is 28.3 Å². The van der Waals surface area contributed by atoms with Crippen LogP contribution in [-0.2, 0) is 0 Å². The molecule has 2 N–H and O–H groups in total. The van der Waals surface area contributed by atoms with Gasteiger partial charge in [0.1, 0.15) is 18.3 Å². The van der Waals surface area contributed by atoms with E-state index in [0.29, 0.717) is 0 Å². The maximum Gasteiger partial charge on any atom is 0.145 e. The van der Waals surface area contributed by atoms with Crippen LogP contribution in [0, 0.1) is 11.6 Å². The van der Waals surface area contributed by atoms with Gasteiger partial charge in [0.15, 0.2) is 0 Å². The van der Waals surface area contributed by atoms with E-state index in [2.05, 4.69) is 15.9 Å². The van der Waals surface area contributed by atoms with Crippen molar-refractivity contribution in [2.75, 3.05) is 6.67 Å². The summed E-state index contributed by atoms with van der Waals surface area (Å²) in [6, 6.07) is 0.995. The summed E-state index contributed by atoms with van der Waals surface area (Å²) in [5.41, 5.74) is 4.77. The first-order valence-electron chi connectivity index (χ1n) is 3.53. The number of halogens is 5. The molecule has 0 aliphatic heterocycles. The molecule has 1 aromatic carbocycles. The van der Waals surface area contributed by atoms with Crippen LogP contribution in [0.4, 0.5) is 13.2 Å². The minimum absolute atomic E-state index is 0. The molecule has 0 spiro atoms. The van der Waals surface area contributed by atoms with Crippen LogP contribution in [0.2, 0.25) is 0 Å². The Kier molecular flexibility index (Phi) is 5.48. The molecule has 0 heterocycles. The fourth-order valence-electron chi connectivity index (χ4n) is 0.960. The summed E-state index contributed by atoms with van der Waals surface area (Å²) >= 11 is 2.86. The molecule has 0 aromatic heterocycles. The molecule has 0 unspecified atom stereocenters. The Morgan fingerprint density at radius 3 is 2.43 bits per heavy atom. The number of benzene rings is 1. The van der Waals surface area contributed by atoms with Crippen molar-refractivity contribution in [2.24, 2.45) is 5.73 Å². The van der Waals surface area contributed by atoms with Gasteiger partial charge in [0.05, 0.1) is 10.5 Å². The molecule has 0 amide bonds. The lowest BCUT2D eigenvalue weighted by Gasteiger charge is -2.10. The van der Waals surface area contributed by atoms with E-state index in [1.807, 2.05) is 0 Å². The normalized spacial score (nSPS) is 12.1. The fraction of sp³-hybridized carbons (Fsp3) is 0.250. The molecule has 0 fully saturated rings. The highest BCUT2D eigenvalue weighted by atomic mass is 79.9. The van der Waals surface area contributed by atoms with E-state index >= 15 is 0 Å². The zero-order valence-electron chi connectivity index (χ0n) is 6.94. The maximum atomic E-state index is 13.2. The third kappa shape index (κ3) is 2.62. The molecular formula is C8H8BrClF3N. The van der Waals surface area contributed by atoms with Gasteiger partial charge in [0.2, 0.25) is 0 Å². The summed E-state index contributed by atoms with van der Waals surface area (Å²) in [5, 5.41) is 0. The van der Waals surface area contributed by atoms with Crippen LogP contribution in [-0.4, -0.2) is 6.67 Å². The molecule has 1 atom stereocenters. The SMILES string of the molecule is Cl.N[C@H](CF)c1c(F)ccc(Br)c1F. The molecule has 0 aliphatic rings. The second-order valence-electron chi connectivity index (χ2n) is 2.52. The highest BCUT2D eigenvalue weighted by Crippen LogP contribution is 2.25. The lowest BCUT2D eigenvalue weighted by atomic mass is 10.1. The highest BCUT2D eigenvalue weighted by molar-refractivity contribution is 9.10. The first-order chi connectivity index (χ1) is 6.07. The molecule has 80 valence electrons. The Bertz CT molecular complexity index is 322. The maximum absolute atomic E-state index is 13.2. The third-order valence-corrected chi connectivity index (χ3v) is 2.23. The molecule has 1 aromatic rings. The Balaban J connectivity index is 0.00000169. The van der Waals surface area contributed by atoms with Crippen molar-refractivity contribution < 1.29 is 13.2 Å².